The molecule has 4 nitrogen and oxygen atoms in total. The summed E-state index contributed by atoms with van der Waals surface area (Å²) in [5, 5.41) is 15.6. The predicted molar refractivity (Wildman–Crippen MR) is 112 cm³/mol. The van der Waals surface area contributed by atoms with Gasteiger partial charge in [0.1, 0.15) is 0 Å². The number of azo groups is 1. The van der Waals surface area contributed by atoms with E-state index in [-0.39, 0.29) is 0 Å². The molecule has 0 amide bonds. The molecule has 0 fully saturated rings. The van der Waals surface area contributed by atoms with Crippen LogP contribution in [0.15, 0.2) is 118 Å². The summed E-state index contributed by atoms with van der Waals surface area (Å²) >= 11 is 0. The lowest BCUT2D eigenvalue weighted by atomic mass is 10.1. The van der Waals surface area contributed by atoms with Crippen molar-refractivity contribution < 1.29 is 0 Å². The smallest absolute Gasteiger partial charge is 0.201 e. The van der Waals surface area contributed by atoms with Crippen molar-refractivity contribution in [1.29, 1.82) is 0 Å². The van der Waals surface area contributed by atoms with Gasteiger partial charge in [-0.15, -0.1) is 10.2 Å². The van der Waals surface area contributed by atoms with Crippen LogP contribution in [0.2, 0.25) is 0 Å². The minimum Gasteiger partial charge on any atom is -0.276 e. The first-order valence-corrected chi connectivity index (χ1v) is 8.74. The molecule has 0 aliphatic rings. The Bertz CT molecular complexity index is 1080. The number of para-hydroxylation sites is 1. The van der Waals surface area contributed by atoms with Crippen molar-refractivity contribution in [3.8, 4) is 0 Å². The summed E-state index contributed by atoms with van der Waals surface area (Å²) in [6.07, 6.45) is 0. The first-order chi connectivity index (χ1) is 13.4. The molecule has 0 atom stereocenters. The second-order valence-electron chi connectivity index (χ2n) is 5.98. The number of amidine groups is 1. The van der Waals surface area contributed by atoms with Crippen LogP contribution in [-0.4, -0.2) is 5.84 Å². The molecule has 4 aromatic carbocycles. The molecule has 0 saturated heterocycles. The monoisotopic (exact) mass is 350 g/mol. The normalized spacial score (nSPS) is 11.8. The van der Waals surface area contributed by atoms with E-state index in [9.17, 15) is 0 Å². The highest BCUT2D eigenvalue weighted by molar-refractivity contribution is 6.00. The molecule has 0 heterocycles. The van der Waals surface area contributed by atoms with Gasteiger partial charge in [-0.25, -0.2) is 0 Å². The van der Waals surface area contributed by atoms with Crippen LogP contribution in [0.5, 0.6) is 0 Å². The molecule has 4 aromatic rings. The van der Waals surface area contributed by atoms with Crippen LogP contribution in [0.3, 0.4) is 0 Å². The minimum absolute atomic E-state index is 0.521. The van der Waals surface area contributed by atoms with E-state index in [2.05, 4.69) is 32.9 Å². The van der Waals surface area contributed by atoms with Gasteiger partial charge in [0.2, 0.25) is 5.84 Å². The summed E-state index contributed by atoms with van der Waals surface area (Å²) in [7, 11) is 0. The Kier molecular flexibility index (Phi) is 4.97. The Balaban J connectivity index is 1.69. The Morgan fingerprint density at radius 1 is 0.630 bits per heavy atom. The van der Waals surface area contributed by atoms with Crippen molar-refractivity contribution in [1.82, 2.24) is 0 Å². The van der Waals surface area contributed by atoms with Gasteiger partial charge in [-0.3, -0.25) is 5.43 Å². The number of fused-ring (bicyclic) bond motifs is 1. The van der Waals surface area contributed by atoms with E-state index < -0.39 is 0 Å². The Hall–Kier alpha value is -3.79. The fourth-order valence-electron chi connectivity index (χ4n) is 2.76. The van der Waals surface area contributed by atoms with Crippen molar-refractivity contribution >= 4 is 28.0 Å². The zero-order valence-corrected chi connectivity index (χ0v) is 14.7. The van der Waals surface area contributed by atoms with E-state index in [1.54, 1.807) is 0 Å². The van der Waals surface area contributed by atoms with Gasteiger partial charge in [-0.1, -0.05) is 84.9 Å². The molecule has 0 aliphatic carbocycles. The van der Waals surface area contributed by atoms with Gasteiger partial charge in [-0.2, -0.15) is 5.10 Å². The molecular formula is C23H18N4. The summed E-state index contributed by atoms with van der Waals surface area (Å²) < 4.78 is 0. The maximum Gasteiger partial charge on any atom is 0.201 e. The van der Waals surface area contributed by atoms with Crippen LogP contribution in [0.25, 0.3) is 10.8 Å². The number of hydrogen-bond acceptors (Lipinski definition) is 3. The van der Waals surface area contributed by atoms with Crippen LogP contribution in [0, 0.1) is 0 Å². The Morgan fingerprint density at radius 2 is 1.30 bits per heavy atom. The van der Waals surface area contributed by atoms with Crippen LogP contribution >= 0.6 is 0 Å². The lowest BCUT2D eigenvalue weighted by Crippen LogP contribution is -2.00. The van der Waals surface area contributed by atoms with E-state index in [1.807, 2.05) is 91.0 Å². The molecule has 0 unspecified atom stereocenters. The van der Waals surface area contributed by atoms with Crippen LogP contribution < -0.4 is 5.43 Å². The van der Waals surface area contributed by atoms with E-state index in [0.717, 1.165) is 27.7 Å². The molecule has 0 spiro atoms. The molecule has 27 heavy (non-hydrogen) atoms. The number of anilines is 1. The largest absolute Gasteiger partial charge is 0.276 e. The van der Waals surface area contributed by atoms with E-state index in [0.29, 0.717) is 5.84 Å². The molecule has 0 bridgehead atoms. The van der Waals surface area contributed by atoms with Crippen molar-refractivity contribution in [2.24, 2.45) is 15.3 Å². The van der Waals surface area contributed by atoms with E-state index in [4.69, 9.17) is 0 Å². The highest BCUT2D eigenvalue weighted by Crippen LogP contribution is 2.26. The van der Waals surface area contributed by atoms with Gasteiger partial charge in [-0.05, 0) is 23.6 Å². The molecule has 0 aromatic heterocycles. The third-order valence-electron chi connectivity index (χ3n) is 4.12. The first kappa shape index (κ1) is 16.7. The zero-order valence-electron chi connectivity index (χ0n) is 14.7. The third kappa shape index (κ3) is 4.07. The molecule has 1 N–H and O–H groups in total. The third-order valence-corrected chi connectivity index (χ3v) is 4.12. The van der Waals surface area contributed by atoms with E-state index >= 15 is 0 Å². The lowest BCUT2D eigenvalue weighted by molar-refractivity contribution is 1.23. The second-order valence-corrected chi connectivity index (χ2v) is 5.98. The highest BCUT2D eigenvalue weighted by Gasteiger charge is 2.04. The summed E-state index contributed by atoms with van der Waals surface area (Å²) in [6, 6.07) is 33.7. The standard InChI is InChI=1S/C23H18N4/c1-3-11-19(12-4-1)23(26-24-20-14-5-2-6-15-20)27-25-22-17-9-13-18-10-7-8-16-21(18)22/h1-17,24H/b26-23+,27-25?. The van der Waals surface area contributed by atoms with Crippen LogP contribution in [-0.2, 0) is 0 Å². The number of rotatable bonds is 4. The molecule has 4 heteroatoms. The summed E-state index contributed by atoms with van der Waals surface area (Å²) in [5.74, 6) is 0.521. The SMILES string of the molecule is c1ccc(N/N=C(/N=Nc2cccc3ccccc23)c2ccccc2)cc1. The molecule has 0 radical (unpaired) electrons. The van der Waals surface area contributed by atoms with Crippen molar-refractivity contribution in [3.05, 3.63) is 109 Å². The molecule has 0 saturated carbocycles. The topological polar surface area (TPSA) is 49.1 Å². The molecule has 130 valence electrons. The van der Waals surface area contributed by atoms with Crippen molar-refractivity contribution in [3.63, 3.8) is 0 Å². The van der Waals surface area contributed by atoms with Gasteiger partial charge >= 0.3 is 0 Å². The second kappa shape index (κ2) is 8.06. The maximum absolute atomic E-state index is 4.48. The summed E-state index contributed by atoms with van der Waals surface area (Å²) in [4.78, 5) is 0. The zero-order chi connectivity index (χ0) is 18.3. The fourth-order valence-corrected chi connectivity index (χ4v) is 2.76. The Labute approximate surface area is 157 Å². The van der Waals surface area contributed by atoms with Gasteiger partial charge in [0.05, 0.1) is 11.4 Å². The van der Waals surface area contributed by atoms with Crippen LogP contribution in [0.4, 0.5) is 11.4 Å². The van der Waals surface area contributed by atoms with Crippen molar-refractivity contribution in [2.75, 3.05) is 5.43 Å². The molecule has 0 aliphatic heterocycles. The quantitative estimate of drug-likeness (QED) is 0.197. The highest BCUT2D eigenvalue weighted by atomic mass is 15.3. The Morgan fingerprint density at radius 3 is 2.11 bits per heavy atom. The minimum atomic E-state index is 0.521. The summed E-state index contributed by atoms with van der Waals surface area (Å²) in [6.45, 7) is 0. The van der Waals surface area contributed by atoms with Gasteiger partial charge < -0.3 is 0 Å². The average Bonchev–Trinajstić information content (AvgIpc) is 2.75. The average molecular weight is 350 g/mol. The van der Waals surface area contributed by atoms with Crippen LogP contribution in [0.1, 0.15) is 5.56 Å². The summed E-state index contributed by atoms with van der Waals surface area (Å²) in [5.41, 5.74) is 5.66. The number of nitrogens with zero attached hydrogens (tertiary/aromatic N) is 3. The van der Waals surface area contributed by atoms with Crippen molar-refractivity contribution in [2.45, 2.75) is 0 Å². The fraction of sp³-hybridized carbons (Fsp3) is 0. The number of hydrogen-bond donors (Lipinski definition) is 1. The van der Waals surface area contributed by atoms with E-state index in [1.165, 1.54) is 0 Å². The van der Waals surface area contributed by atoms with Gasteiger partial charge in [0, 0.05) is 10.9 Å². The molecule has 4 rings (SSSR count). The lowest BCUT2D eigenvalue weighted by Gasteiger charge is -2.04. The molecular weight excluding hydrogens is 332 g/mol. The first-order valence-electron chi connectivity index (χ1n) is 8.74. The maximum atomic E-state index is 4.48. The predicted octanol–water partition coefficient (Wildman–Crippen LogP) is 6.40. The van der Waals surface area contributed by atoms with Gasteiger partial charge in [0.25, 0.3) is 0 Å². The number of benzene rings is 4. The number of hydrazone groups is 1. The van der Waals surface area contributed by atoms with Gasteiger partial charge in [0.15, 0.2) is 0 Å². The number of nitrogens with one attached hydrogen (secondary N) is 1.